The Morgan fingerprint density at radius 2 is 2.31 bits per heavy atom. The van der Waals surface area contributed by atoms with Crippen LogP contribution in [0.3, 0.4) is 0 Å². The Morgan fingerprint density at radius 3 is 2.88 bits per heavy atom. The summed E-state index contributed by atoms with van der Waals surface area (Å²) in [6.45, 7) is 2.03. The summed E-state index contributed by atoms with van der Waals surface area (Å²) in [5, 5.41) is 11.4. The predicted octanol–water partition coefficient (Wildman–Crippen LogP) is 3.18. The summed E-state index contributed by atoms with van der Waals surface area (Å²) in [6.07, 6.45) is 0.976. The van der Waals surface area contributed by atoms with Crippen molar-refractivity contribution in [1.29, 1.82) is 0 Å². The van der Waals surface area contributed by atoms with Crippen LogP contribution in [0.2, 0.25) is 0 Å². The average Bonchev–Trinajstić information content (AvgIpc) is 2.30. The number of benzene rings is 1. The van der Waals surface area contributed by atoms with E-state index in [2.05, 4.69) is 21.1 Å². The maximum absolute atomic E-state index is 13.8. The van der Waals surface area contributed by atoms with Gasteiger partial charge in [-0.3, -0.25) is 0 Å². The van der Waals surface area contributed by atoms with E-state index in [-0.39, 0.29) is 16.1 Å². The Kier molecular flexibility index (Phi) is 5.08. The van der Waals surface area contributed by atoms with E-state index in [4.69, 9.17) is 10.9 Å². The molecule has 88 valence electrons. The highest BCUT2D eigenvalue weighted by atomic mass is 79.9. The van der Waals surface area contributed by atoms with E-state index in [1.54, 1.807) is 12.1 Å². The summed E-state index contributed by atoms with van der Waals surface area (Å²) in [5.74, 6) is 0.368. The number of oxime groups is 1. The van der Waals surface area contributed by atoms with Crippen LogP contribution in [0, 0.1) is 5.82 Å². The molecule has 0 saturated heterocycles. The third-order valence-corrected chi connectivity index (χ3v) is 3.91. The molecule has 0 fully saturated rings. The largest absolute Gasteiger partial charge is 0.409 e. The molecule has 0 aliphatic heterocycles. The SMILES string of the molecule is CCCSc1ccc(/C(N)=N/O)c(Br)c1F. The molecule has 0 bridgehead atoms. The van der Waals surface area contributed by atoms with Crippen molar-refractivity contribution < 1.29 is 9.60 Å². The Bertz CT molecular complexity index is 412. The number of halogens is 2. The first-order valence-corrected chi connectivity index (χ1v) is 6.48. The van der Waals surface area contributed by atoms with Gasteiger partial charge in [0.25, 0.3) is 0 Å². The monoisotopic (exact) mass is 306 g/mol. The third kappa shape index (κ3) is 2.89. The van der Waals surface area contributed by atoms with E-state index in [0.717, 1.165) is 12.2 Å². The minimum atomic E-state index is -0.373. The quantitative estimate of drug-likeness (QED) is 0.295. The van der Waals surface area contributed by atoms with Crippen LogP contribution >= 0.6 is 27.7 Å². The number of rotatable bonds is 4. The van der Waals surface area contributed by atoms with Gasteiger partial charge in [0.2, 0.25) is 0 Å². The van der Waals surface area contributed by atoms with Gasteiger partial charge in [0.1, 0.15) is 0 Å². The molecule has 0 heterocycles. The molecule has 0 aromatic heterocycles. The Morgan fingerprint density at radius 1 is 1.62 bits per heavy atom. The lowest BCUT2D eigenvalue weighted by molar-refractivity contribution is 0.318. The topological polar surface area (TPSA) is 58.6 Å². The summed E-state index contributed by atoms with van der Waals surface area (Å²) in [4.78, 5) is 0.559. The molecule has 0 aliphatic rings. The Labute approximate surface area is 106 Å². The van der Waals surface area contributed by atoms with Crippen molar-refractivity contribution in [3.05, 3.63) is 28.0 Å². The zero-order valence-electron chi connectivity index (χ0n) is 8.70. The van der Waals surface area contributed by atoms with Gasteiger partial charge in [0.05, 0.1) is 4.47 Å². The van der Waals surface area contributed by atoms with Crippen molar-refractivity contribution >= 4 is 33.5 Å². The second kappa shape index (κ2) is 6.10. The van der Waals surface area contributed by atoms with Crippen molar-refractivity contribution in [1.82, 2.24) is 0 Å². The Balaban J connectivity index is 3.08. The molecule has 0 radical (unpaired) electrons. The van der Waals surface area contributed by atoms with Crippen LogP contribution in [-0.2, 0) is 0 Å². The fraction of sp³-hybridized carbons (Fsp3) is 0.300. The molecule has 0 atom stereocenters. The summed E-state index contributed by atoms with van der Waals surface area (Å²) in [6, 6.07) is 3.26. The number of nitrogens with zero attached hydrogens (tertiary/aromatic N) is 1. The second-order valence-corrected chi connectivity index (χ2v) is 5.00. The lowest BCUT2D eigenvalue weighted by Crippen LogP contribution is -2.14. The molecule has 16 heavy (non-hydrogen) atoms. The molecular weight excluding hydrogens is 295 g/mol. The van der Waals surface area contributed by atoms with Gasteiger partial charge in [-0.1, -0.05) is 12.1 Å². The first kappa shape index (κ1) is 13.3. The fourth-order valence-electron chi connectivity index (χ4n) is 1.11. The average molecular weight is 307 g/mol. The van der Waals surface area contributed by atoms with Crippen LogP contribution in [-0.4, -0.2) is 16.8 Å². The van der Waals surface area contributed by atoms with E-state index in [1.165, 1.54) is 11.8 Å². The third-order valence-electron chi connectivity index (χ3n) is 1.89. The molecule has 0 unspecified atom stereocenters. The van der Waals surface area contributed by atoms with Gasteiger partial charge < -0.3 is 10.9 Å². The minimum absolute atomic E-state index is 0.113. The van der Waals surface area contributed by atoms with Gasteiger partial charge in [-0.2, -0.15) is 0 Å². The van der Waals surface area contributed by atoms with Crippen molar-refractivity contribution in [3.8, 4) is 0 Å². The van der Waals surface area contributed by atoms with Crippen molar-refractivity contribution in [3.63, 3.8) is 0 Å². The molecule has 1 rings (SSSR count). The van der Waals surface area contributed by atoms with Crippen LogP contribution in [0.25, 0.3) is 0 Å². The second-order valence-electron chi connectivity index (χ2n) is 3.07. The fourth-order valence-corrected chi connectivity index (χ4v) is 2.60. The standard InChI is InChI=1S/C10H12BrFN2OS/c1-2-5-16-7-4-3-6(10(13)14-15)8(11)9(7)12/h3-4,15H,2,5H2,1H3,(H2,13,14). The zero-order valence-corrected chi connectivity index (χ0v) is 11.1. The van der Waals surface area contributed by atoms with Crippen molar-refractivity contribution in [2.24, 2.45) is 10.9 Å². The van der Waals surface area contributed by atoms with Crippen LogP contribution < -0.4 is 5.73 Å². The van der Waals surface area contributed by atoms with Crippen molar-refractivity contribution in [2.45, 2.75) is 18.2 Å². The van der Waals surface area contributed by atoms with E-state index < -0.39 is 0 Å². The number of hydrogen-bond donors (Lipinski definition) is 2. The molecule has 1 aromatic rings. The highest BCUT2D eigenvalue weighted by Gasteiger charge is 2.13. The predicted molar refractivity (Wildman–Crippen MR) is 67.6 cm³/mol. The maximum atomic E-state index is 13.8. The molecule has 0 saturated carbocycles. The normalized spacial score (nSPS) is 11.8. The van der Waals surface area contributed by atoms with Crippen LogP contribution in [0.15, 0.2) is 26.7 Å². The minimum Gasteiger partial charge on any atom is -0.409 e. The summed E-state index contributed by atoms with van der Waals surface area (Å²) in [5.41, 5.74) is 5.76. The van der Waals surface area contributed by atoms with Crippen LogP contribution in [0.5, 0.6) is 0 Å². The highest BCUT2D eigenvalue weighted by Crippen LogP contribution is 2.30. The summed E-state index contributed by atoms with van der Waals surface area (Å²) < 4.78 is 14.0. The molecule has 0 aliphatic carbocycles. The van der Waals surface area contributed by atoms with Crippen LogP contribution in [0.4, 0.5) is 4.39 Å². The molecule has 0 spiro atoms. The van der Waals surface area contributed by atoms with E-state index in [1.807, 2.05) is 6.92 Å². The van der Waals surface area contributed by atoms with Gasteiger partial charge in [0.15, 0.2) is 11.7 Å². The lowest BCUT2D eigenvalue weighted by Gasteiger charge is -2.07. The molecule has 3 nitrogen and oxygen atoms in total. The maximum Gasteiger partial charge on any atom is 0.171 e. The molecule has 1 aromatic carbocycles. The van der Waals surface area contributed by atoms with E-state index >= 15 is 0 Å². The lowest BCUT2D eigenvalue weighted by atomic mass is 10.2. The van der Waals surface area contributed by atoms with Crippen LogP contribution in [0.1, 0.15) is 18.9 Å². The van der Waals surface area contributed by atoms with E-state index in [9.17, 15) is 4.39 Å². The van der Waals surface area contributed by atoms with Gasteiger partial charge in [-0.25, -0.2) is 4.39 Å². The van der Waals surface area contributed by atoms with Gasteiger partial charge in [-0.05, 0) is 40.2 Å². The molecular formula is C10H12BrFN2OS. The first-order chi connectivity index (χ1) is 7.61. The number of amidine groups is 1. The molecule has 6 heteroatoms. The summed E-state index contributed by atoms with van der Waals surface area (Å²) >= 11 is 4.55. The van der Waals surface area contributed by atoms with Gasteiger partial charge >= 0.3 is 0 Å². The van der Waals surface area contributed by atoms with Gasteiger partial charge in [-0.15, -0.1) is 11.8 Å². The molecule has 3 N–H and O–H groups in total. The smallest absolute Gasteiger partial charge is 0.171 e. The van der Waals surface area contributed by atoms with Gasteiger partial charge in [0, 0.05) is 10.5 Å². The number of hydrogen-bond acceptors (Lipinski definition) is 3. The highest BCUT2D eigenvalue weighted by molar-refractivity contribution is 9.10. The van der Waals surface area contributed by atoms with E-state index in [0.29, 0.717) is 10.5 Å². The number of thioether (sulfide) groups is 1. The first-order valence-electron chi connectivity index (χ1n) is 4.70. The Hall–Kier alpha value is -0.750. The van der Waals surface area contributed by atoms with Crippen molar-refractivity contribution in [2.75, 3.05) is 5.75 Å². The number of nitrogens with two attached hydrogens (primary N) is 1. The summed E-state index contributed by atoms with van der Waals surface area (Å²) in [7, 11) is 0. The molecule has 0 amide bonds. The zero-order chi connectivity index (χ0) is 12.1.